The molecule has 1 nitrogen and oxygen atoms in total. The first-order chi connectivity index (χ1) is 18.7. The first-order valence-electron chi connectivity index (χ1n) is 12.7. The Labute approximate surface area is 227 Å². The van der Waals surface area contributed by atoms with Gasteiger partial charge >= 0.3 is 0 Å². The molecule has 180 valence electrons. The van der Waals surface area contributed by atoms with Crippen LogP contribution in [0.25, 0.3) is 43.6 Å². The van der Waals surface area contributed by atoms with E-state index < -0.39 is 6.04 Å². The predicted octanol–water partition coefficient (Wildman–Crippen LogP) is 7.96. The van der Waals surface area contributed by atoms with E-state index in [1.165, 1.54) is 48.6 Å². The van der Waals surface area contributed by atoms with Gasteiger partial charge in [-0.15, -0.1) is 0 Å². The topological polar surface area (TPSA) is 12.9 Å². The first kappa shape index (κ1) is 23.0. The lowest BCUT2D eigenvalue weighted by Crippen LogP contribution is -2.24. The summed E-state index contributed by atoms with van der Waals surface area (Å²) >= 11 is 6.56. The van der Waals surface area contributed by atoms with E-state index in [1.807, 2.05) is 12.3 Å². The third kappa shape index (κ3) is 3.77. The molecule has 0 saturated heterocycles. The van der Waals surface area contributed by atoms with Crippen LogP contribution < -0.4 is 15.9 Å². The van der Waals surface area contributed by atoms with E-state index in [4.69, 9.17) is 11.8 Å². The maximum atomic E-state index is 6.56. The molecule has 0 aliphatic carbocycles. The highest BCUT2D eigenvalue weighted by Crippen LogP contribution is 2.43. The van der Waals surface area contributed by atoms with Crippen molar-refractivity contribution in [3.8, 4) is 11.1 Å². The Morgan fingerprint density at radius 1 is 0.474 bits per heavy atom. The van der Waals surface area contributed by atoms with Crippen molar-refractivity contribution >= 4 is 66.2 Å². The minimum absolute atomic E-state index is 1.02. The Morgan fingerprint density at radius 2 is 1.08 bits per heavy atom. The molecule has 7 aromatic rings. The van der Waals surface area contributed by atoms with E-state index in [0.717, 1.165) is 10.9 Å². The van der Waals surface area contributed by atoms with Gasteiger partial charge in [0.05, 0.1) is 5.52 Å². The van der Waals surface area contributed by atoms with Gasteiger partial charge in [0.1, 0.15) is 0 Å². The molecule has 6 aromatic carbocycles. The number of nitrogens with zero attached hydrogens (tertiary/aromatic N) is 1. The molecule has 38 heavy (non-hydrogen) atoms. The van der Waals surface area contributed by atoms with Crippen LogP contribution >= 0.6 is 6.04 Å². The van der Waals surface area contributed by atoms with Crippen molar-refractivity contribution in [2.45, 2.75) is 0 Å². The summed E-state index contributed by atoms with van der Waals surface area (Å²) in [5, 5.41) is 9.72. The van der Waals surface area contributed by atoms with E-state index in [-0.39, 0.29) is 0 Å². The monoisotopic (exact) mass is 521 g/mol. The molecule has 0 aliphatic heterocycles. The maximum Gasteiger partial charge on any atom is 0.0708 e. The number of rotatable bonds is 4. The molecule has 0 radical (unpaired) electrons. The molecule has 1 heterocycles. The van der Waals surface area contributed by atoms with Gasteiger partial charge in [0.15, 0.2) is 0 Å². The molecule has 1 aromatic heterocycles. The zero-order valence-corrected chi connectivity index (χ0v) is 22.4. The summed E-state index contributed by atoms with van der Waals surface area (Å²) in [6.07, 6.45) is 1.86. The molecule has 0 N–H and O–H groups in total. The van der Waals surface area contributed by atoms with E-state index in [1.54, 1.807) is 0 Å². The predicted molar refractivity (Wildman–Crippen MR) is 168 cm³/mol. The number of fused-ring (bicyclic) bond motifs is 4. The van der Waals surface area contributed by atoms with Crippen molar-refractivity contribution in [1.29, 1.82) is 0 Å². The van der Waals surface area contributed by atoms with Crippen molar-refractivity contribution in [1.82, 2.24) is 4.98 Å². The Morgan fingerprint density at radius 3 is 1.79 bits per heavy atom. The molecule has 0 bridgehead atoms. The molecule has 0 aliphatic rings. The summed E-state index contributed by atoms with van der Waals surface area (Å²) in [6, 6.07) is 47.6. The van der Waals surface area contributed by atoms with Crippen molar-refractivity contribution in [3.63, 3.8) is 0 Å². The van der Waals surface area contributed by atoms with Crippen LogP contribution in [0.3, 0.4) is 0 Å². The molecular formula is C35H24NPS. The van der Waals surface area contributed by atoms with Crippen LogP contribution in [0.5, 0.6) is 0 Å². The molecule has 0 amide bonds. The lowest BCUT2D eigenvalue weighted by atomic mass is 9.92. The Hall–Kier alpha value is -4.10. The van der Waals surface area contributed by atoms with Gasteiger partial charge in [-0.25, -0.2) is 0 Å². The Bertz CT molecular complexity index is 1940. The van der Waals surface area contributed by atoms with Gasteiger partial charge in [0.2, 0.25) is 0 Å². The number of benzene rings is 6. The summed E-state index contributed by atoms with van der Waals surface area (Å²) in [4.78, 5) is 4.63. The van der Waals surface area contributed by atoms with Gasteiger partial charge in [-0.2, -0.15) is 0 Å². The molecule has 0 unspecified atom stereocenters. The number of hydrogen-bond donors (Lipinski definition) is 0. The highest BCUT2D eigenvalue weighted by Gasteiger charge is 2.24. The van der Waals surface area contributed by atoms with Crippen LogP contribution in [0.1, 0.15) is 0 Å². The summed E-state index contributed by atoms with van der Waals surface area (Å²) in [7, 11) is 0. The summed E-state index contributed by atoms with van der Waals surface area (Å²) < 4.78 is 0. The van der Waals surface area contributed by atoms with E-state index in [0.29, 0.717) is 0 Å². The maximum absolute atomic E-state index is 6.56. The second kappa shape index (κ2) is 9.33. The van der Waals surface area contributed by atoms with Gasteiger partial charge in [0.25, 0.3) is 0 Å². The van der Waals surface area contributed by atoms with Crippen molar-refractivity contribution in [2.75, 3.05) is 0 Å². The van der Waals surface area contributed by atoms with Crippen LogP contribution in [0, 0.1) is 0 Å². The summed E-state index contributed by atoms with van der Waals surface area (Å²) in [6.45, 7) is 0. The number of pyridine rings is 1. The van der Waals surface area contributed by atoms with Gasteiger partial charge < -0.3 is 0 Å². The van der Waals surface area contributed by atoms with E-state index in [2.05, 4.69) is 138 Å². The largest absolute Gasteiger partial charge is 0.256 e. The van der Waals surface area contributed by atoms with Crippen LogP contribution in [0.4, 0.5) is 0 Å². The quantitative estimate of drug-likeness (QED) is 0.132. The van der Waals surface area contributed by atoms with E-state index >= 15 is 0 Å². The molecule has 0 atom stereocenters. The normalized spacial score (nSPS) is 11.8. The molecule has 7 rings (SSSR count). The standard InChI is InChI=1S/C35H24NPS/c38-37(28-12-3-1-4-13-28,29-14-5-2-6-15-29)30-19-17-25(18-20-30)32-22-26-10-7-8-16-31(26)34-24-35-27(23-33(32)34)11-9-21-36-35/h1-24H. The molecule has 0 spiro atoms. The Kier molecular flexibility index (Phi) is 5.66. The second-order valence-corrected chi connectivity index (χ2v) is 14.0. The minimum Gasteiger partial charge on any atom is -0.256 e. The average Bonchev–Trinajstić information content (AvgIpc) is 3.00. The third-order valence-corrected chi connectivity index (χ3v) is 12.3. The second-order valence-electron chi connectivity index (χ2n) is 9.57. The fourth-order valence-electron chi connectivity index (χ4n) is 5.48. The zero-order chi connectivity index (χ0) is 25.5. The number of hydrogen-bond acceptors (Lipinski definition) is 2. The average molecular weight is 522 g/mol. The molecule has 3 heteroatoms. The van der Waals surface area contributed by atoms with Crippen LogP contribution in [0.2, 0.25) is 0 Å². The molecular weight excluding hydrogens is 497 g/mol. The van der Waals surface area contributed by atoms with Gasteiger partial charge in [0, 0.05) is 17.6 Å². The van der Waals surface area contributed by atoms with Crippen molar-refractivity contribution < 1.29 is 0 Å². The fraction of sp³-hybridized carbons (Fsp3) is 0. The molecule has 0 fully saturated rings. The number of aromatic nitrogens is 1. The van der Waals surface area contributed by atoms with Crippen LogP contribution in [0.15, 0.2) is 146 Å². The fourth-order valence-corrected chi connectivity index (χ4v) is 9.22. The zero-order valence-electron chi connectivity index (χ0n) is 20.7. The highest BCUT2D eigenvalue weighted by molar-refractivity contribution is 8.25. The third-order valence-electron chi connectivity index (χ3n) is 7.36. The van der Waals surface area contributed by atoms with Crippen LogP contribution in [-0.2, 0) is 11.8 Å². The Balaban J connectivity index is 1.44. The summed E-state index contributed by atoms with van der Waals surface area (Å²) in [5.74, 6) is 0. The summed E-state index contributed by atoms with van der Waals surface area (Å²) in [5.41, 5.74) is 3.43. The van der Waals surface area contributed by atoms with E-state index in [9.17, 15) is 0 Å². The minimum atomic E-state index is -2.18. The smallest absolute Gasteiger partial charge is 0.0708 e. The van der Waals surface area contributed by atoms with Gasteiger partial charge in [-0.1, -0.05) is 127 Å². The lowest BCUT2D eigenvalue weighted by Gasteiger charge is -2.24. The van der Waals surface area contributed by atoms with Crippen molar-refractivity contribution in [3.05, 3.63) is 146 Å². The van der Waals surface area contributed by atoms with Gasteiger partial charge in [-0.05, 0) is 72.9 Å². The SMILES string of the molecule is S=P(c1ccccc1)(c1ccccc1)c1ccc(-c2cc3ccccc3c3cc4ncccc4cc23)cc1. The lowest BCUT2D eigenvalue weighted by molar-refractivity contribution is 1.42. The molecule has 0 saturated carbocycles. The first-order valence-corrected chi connectivity index (χ1v) is 15.5. The highest BCUT2D eigenvalue weighted by atomic mass is 32.4. The van der Waals surface area contributed by atoms with Gasteiger partial charge in [-0.3, -0.25) is 4.98 Å². The van der Waals surface area contributed by atoms with Crippen molar-refractivity contribution in [2.24, 2.45) is 0 Å². The van der Waals surface area contributed by atoms with Crippen LogP contribution in [-0.4, -0.2) is 4.98 Å².